The molecule has 0 radical (unpaired) electrons. The zero-order valence-electron chi connectivity index (χ0n) is 15.0. The maximum atomic E-state index is 11.9. The van der Waals surface area contributed by atoms with Gasteiger partial charge in [-0.15, -0.1) is 0 Å². The van der Waals surface area contributed by atoms with Crippen LogP contribution < -0.4 is 9.47 Å². The quantitative estimate of drug-likeness (QED) is 0.421. The average molecular weight is 354 g/mol. The Hall–Kier alpha value is -2.28. The van der Waals surface area contributed by atoms with Crippen molar-refractivity contribution < 1.29 is 33.3 Å². The van der Waals surface area contributed by atoms with Crippen molar-refractivity contribution in [2.75, 3.05) is 34.0 Å². The first kappa shape index (κ1) is 20.8. The normalized spacial score (nSPS) is 11.5. The van der Waals surface area contributed by atoms with Crippen LogP contribution in [-0.2, 0) is 23.8 Å². The van der Waals surface area contributed by atoms with Crippen molar-refractivity contribution in [3.05, 3.63) is 24.3 Å². The number of carbonyl (C=O) groups is 2. The Morgan fingerprint density at radius 1 is 1.00 bits per heavy atom. The number of hydrogen-bond donors (Lipinski definition) is 0. The van der Waals surface area contributed by atoms with Crippen LogP contribution >= 0.6 is 0 Å². The van der Waals surface area contributed by atoms with Gasteiger partial charge < -0.3 is 23.7 Å². The maximum absolute atomic E-state index is 11.9. The molecule has 0 aliphatic carbocycles. The third-order valence-corrected chi connectivity index (χ3v) is 3.25. The van der Waals surface area contributed by atoms with E-state index in [2.05, 4.69) is 0 Å². The highest BCUT2D eigenvalue weighted by atomic mass is 16.6. The summed E-state index contributed by atoms with van der Waals surface area (Å²) in [6, 6.07) is 7.01. The second-order valence-corrected chi connectivity index (χ2v) is 5.35. The molecule has 7 nitrogen and oxygen atoms in total. The van der Waals surface area contributed by atoms with E-state index >= 15 is 0 Å². The number of hydrogen-bond acceptors (Lipinski definition) is 7. The van der Waals surface area contributed by atoms with Crippen LogP contribution in [0.1, 0.15) is 26.2 Å². The summed E-state index contributed by atoms with van der Waals surface area (Å²) in [4.78, 5) is 22.9. The molecule has 0 aliphatic rings. The van der Waals surface area contributed by atoms with Crippen molar-refractivity contribution in [3.63, 3.8) is 0 Å². The van der Waals surface area contributed by atoms with Gasteiger partial charge in [-0.1, -0.05) is 0 Å². The summed E-state index contributed by atoms with van der Waals surface area (Å²) >= 11 is 0. The molecule has 0 saturated carbocycles. The van der Waals surface area contributed by atoms with E-state index in [0.717, 1.165) is 6.42 Å². The van der Waals surface area contributed by atoms with Crippen LogP contribution in [0.3, 0.4) is 0 Å². The summed E-state index contributed by atoms with van der Waals surface area (Å²) in [6.45, 7) is 1.94. The maximum Gasteiger partial charge on any atom is 0.306 e. The van der Waals surface area contributed by atoms with Crippen LogP contribution in [0.15, 0.2) is 24.3 Å². The van der Waals surface area contributed by atoms with Crippen LogP contribution in [0.2, 0.25) is 0 Å². The Morgan fingerprint density at radius 2 is 1.68 bits per heavy atom. The number of carbonyl (C=O) groups excluding carboxylic acids is 2. The van der Waals surface area contributed by atoms with Gasteiger partial charge in [0.05, 0.1) is 7.11 Å². The van der Waals surface area contributed by atoms with E-state index in [4.69, 9.17) is 23.7 Å². The van der Waals surface area contributed by atoms with Gasteiger partial charge in [-0.3, -0.25) is 9.59 Å². The van der Waals surface area contributed by atoms with Crippen molar-refractivity contribution in [1.82, 2.24) is 0 Å². The predicted molar refractivity (Wildman–Crippen MR) is 90.7 cm³/mol. The third-order valence-electron chi connectivity index (χ3n) is 3.25. The number of esters is 2. The number of benzene rings is 1. The summed E-state index contributed by atoms with van der Waals surface area (Å²) < 4.78 is 25.9. The molecule has 140 valence electrons. The molecule has 0 N–H and O–H groups in total. The highest BCUT2D eigenvalue weighted by molar-refractivity contribution is 5.69. The van der Waals surface area contributed by atoms with Gasteiger partial charge in [-0.05, 0) is 37.1 Å². The Balaban J connectivity index is 2.47. The van der Waals surface area contributed by atoms with Crippen LogP contribution in [-0.4, -0.2) is 52.1 Å². The second-order valence-electron chi connectivity index (χ2n) is 5.35. The van der Waals surface area contributed by atoms with Crippen molar-refractivity contribution in [1.29, 1.82) is 0 Å². The van der Waals surface area contributed by atoms with Gasteiger partial charge in [-0.25, -0.2) is 0 Å². The van der Waals surface area contributed by atoms with Crippen LogP contribution in [0.5, 0.6) is 11.5 Å². The van der Waals surface area contributed by atoms with Crippen LogP contribution in [0, 0.1) is 0 Å². The molecule has 0 fully saturated rings. The van der Waals surface area contributed by atoms with Crippen molar-refractivity contribution >= 4 is 11.9 Å². The standard InChI is InChI=1S/C18H26O7/c1-14(19)23-12-17(25-18(20)6-4-5-11-21-2)13-24-16-9-7-15(22-3)8-10-16/h7-10,17H,4-6,11-13H2,1-3H3. The van der Waals surface area contributed by atoms with E-state index in [1.807, 2.05) is 0 Å². The third kappa shape index (κ3) is 9.56. The molecule has 0 bridgehead atoms. The molecule has 0 aliphatic heterocycles. The highest BCUT2D eigenvalue weighted by Gasteiger charge is 2.17. The average Bonchev–Trinajstić information content (AvgIpc) is 2.61. The lowest BCUT2D eigenvalue weighted by molar-refractivity contribution is -0.160. The van der Waals surface area contributed by atoms with Gasteiger partial charge in [-0.2, -0.15) is 0 Å². The van der Waals surface area contributed by atoms with Gasteiger partial charge in [0, 0.05) is 27.1 Å². The topological polar surface area (TPSA) is 80.3 Å². The van der Waals surface area contributed by atoms with E-state index in [-0.39, 0.29) is 25.6 Å². The van der Waals surface area contributed by atoms with Gasteiger partial charge in [0.2, 0.25) is 0 Å². The van der Waals surface area contributed by atoms with E-state index in [1.165, 1.54) is 6.92 Å². The first-order valence-corrected chi connectivity index (χ1v) is 8.13. The lowest BCUT2D eigenvalue weighted by Crippen LogP contribution is -2.30. The van der Waals surface area contributed by atoms with Gasteiger partial charge in [0.1, 0.15) is 24.7 Å². The molecule has 0 heterocycles. The molecular weight excluding hydrogens is 328 g/mol. The lowest BCUT2D eigenvalue weighted by Gasteiger charge is -2.18. The van der Waals surface area contributed by atoms with Crippen LogP contribution in [0.25, 0.3) is 0 Å². The molecule has 1 aromatic carbocycles. The summed E-state index contributed by atoms with van der Waals surface area (Å²) in [5.41, 5.74) is 0. The number of methoxy groups -OCH3 is 2. The van der Waals surface area contributed by atoms with Crippen molar-refractivity contribution in [2.45, 2.75) is 32.3 Å². The minimum Gasteiger partial charge on any atom is -0.497 e. The summed E-state index contributed by atoms with van der Waals surface area (Å²) in [7, 11) is 3.20. The van der Waals surface area contributed by atoms with E-state index < -0.39 is 12.1 Å². The summed E-state index contributed by atoms with van der Waals surface area (Å²) in [5.74, 6) is 0.522. The van der Waals surface area contributed by atoms with E-state index in [1.54, 1.807) is 38.5 Å². The summed E-state index contributed by atoms with van der Waals surface area (Å²) in [6.07, 6.45) is 1.07. The second kappa shape index (κ2) is 12.1. The van der Waals surface area contributed by atoms with Gasteiger partial charge in [0.15, 0.2) is 6.10 Å². The Morgan fingerprint density at radius 3 is 2.28 bits per heavy atom. The van der Waals surface area contributed by atoms with E-state index in [9.17, 15) is 9.59 Å². The zero-order chi connectivity index (χ0) is 18.5. The zero-order valence-corrected chi connectivity index (χ0v) is 15.0. The van der Waals surface area contributed by atoms with Crippen LogP contribution in [0.4, 0.5) is 0 Å². The molecule has 7 heteroatoms. The molecule has 0 aromatic heterocycles. The first-order chi connectivity index (χ1) is 12.0. The van der Waals surface area contributed by atoms with Crippen molar-refractivity contribution in [2.24, 2.45) is 0 Å². The predicted octanol–water partition coefficient (Wildman–Crippen LogP) is 2.37. The summed E-state index contributed by atoms with van der Waals surface area (Å²) in [5, 5.41) is 0. The molecule has 0 saturated heterocycles. The fraction of sp³-hybridized carbons (Fsp3) is 0.556. The molecule has 1 unspecified atom stereocenters. The van der Waals surface area contributed by atoms with E-state index in [0.29, 0.717) is 24.5 Å². The number of ether oxygens (including phenoxy) is 5. The Kier molecular flexibility index (Phi) is 10.1. The van der Waals surface area contributed by atoms with Gasteiger partial charge >= 0.3 is 11.9 Å². The molecule has 1 rings (SSSR count). The molecule has 25 heavy (non-hydrogen) atoms. The Bertz CT molecular complexity index is 513. The minimum atomic E-state index is -0.666. The first-order valence-electron chi connectivity index (χ1n) is 8.13. The SMILES string of the molecule is COCCCCC(=O)OC(COC(C)=O)COc1ccc(OC)cc1. The lowest BCUT2D eigenvalue weighted by atomic mass is 10.2. The molecule has 1 aromatic rings. The molecule has 0 amide bonds. The molecular formula is C18H26O7. The minimum absolute atomic E-state index is 0.0463. The smallest absolute Gasteiger partial charge is 0.306 e. The molecule has 0 spiro atoms. The highest BCUT2D eigenvalue weighted by Crippen LogP contribution is 2.17. The largest absolute Gasteiger partial charge is 0.497 e. The fourth-order valence-corrected chi connectivity index (χ4v) is 1.95. The van der Waals surface area contributed by atoms with Gasteiger partial charge in [0.25, 0.3) is 0 Å². The number of unbranched alkanes of at least 4 members (excludes halogenated alkanes) is 1. The van der Waals surface area contributed by atoms with Crippen molar-refractivity contribution in [3.8, 4) is 11.5 Å². The monoisotopic (exact) mass is 354 g/mol. The number of rotatable bonds is 12. The fourth-order valence-electron chi connectivity index (χ4n) is 1.95. The Labute approximate surface area is 148 Å². The molecule has 1 atom stereocenters.